The zero-order valence-electron chi connectivity index (χ0n) is 18.7. The van der Waals surface area contributed by atoms with Crippen molar-refractivity contribution in [2.75, 3.05) is 6.54 Å². The van der Waals surface area contributed by atoms with Crippen LogP contribution in [0.4, 0.5) is 0 Å². The molecule has 1 aliphatic carbocycles. The number of β-amino-alcohol motifs (C(OH)–C–C–N with tert-alkyl or cyclic N) is 1. The molecule has 0 bridgehead atoms. The fourth-order valence-corrected chi connectivity index (χ4v) is 5.20. The molecule has 1 fully saturated rings. The molecule has 3 aliphatic rings. The number of amides is 1. The van der Waals surface area contributed by atoms with Gasteiger partial charge in [0, 0.05) is 30.5 Å². The predicted molar refractivity (Wildman–Crippen MR) is 124 cm³/mol. The number of benzene rings is 1. The van der Waals surface area contributed by atoms with E-state index in [9.17, 15) is 9.90 Å². The van der Waals surface area contributed by atoms with E-state index >= 15 is 0 Å². The summed E-state index contributed by atoms with van der Waals surface area (Å²) in [5.41, 5.74) is 2.47. The van der Waals surface area contributed by atoms with Gasteiger partial charge in [0.2, 0.25) is 11.6 Å². The third-order valence-corrected chi connectivity index (χ3v) is 6.89. The van der Waals surface area contributed by atoms with Crippen LogP contribution in [0, 0.1) is 5.92 Å². The maximum Gasteiger partial charge on any atom is 0.235 e. The Labute approximate surface area is 189 Å². The molecule has 0 saturated carbocycles. The molecule has 4 atom stereocenters. The van der Waals surface area contributed by atoms with Gasteiger partial charge in [0.1, 0.15) is 18.8 Å². The first-order chi connectivity index (χ1) is 15.4. The van der Waals surface area contributed by atoms with Gasteiger partial charge in [-0.1, -0.05) is 48.4 Å². The first kappa shape index (κ1) is 21.1. The second-order valence-electron chi connectivity index (χ2n) is 9.37. The lowest BCUT2D eigenvalue weighted by molar-refractivity contribution is -0.134. The highest BCUT2D eigenvalue weighted by Gasteiger charge is 2.50. The van der Waals surface area contributed by atoms with Gasteiger partial charge in [0.15, 0.2) is 5.84 Å². The molecule has 2 N–H and O–H groups in total. The van der Waals surface area contributed by atoms with E-state index in [1.165, 1.54) is 5.56 Å². The monoisotopic (exact) mass is 434 g/mol. The molecule has 0 radical (unpaired) electrons. The number of aryl methyl sites for hydroxylation is 1. The molecule has 3 heterocycles. The van der Waals surface area contributed by atoms with Gasteiger partial charge >= 0.3 is 0 Å². The van der Waals surface area contributed by atoms with Crippen LogP contribution in [0.5, 0.6) is 0 Å². The van der Waals surface area contributed by atoms with Crippen molar-refractivity contribution in [3.05, 3.63) is 47.2 Å². The summed E-state index contributed by atoms with van der Waals surface area (Å²) in [5.74, 6) is 0.625. The summed E-state index contributed by atoms with van der Waals surface area (Å²) in [6.45, 7) is 4.25. The highest BCUT2D eigenvalue weighted by Crippen LogP contribution is 2.41. The molecule has 166 valence electrons. The molecular weight excluding hydrogens is 406 g/mol. The van der Waals surface area contributed by atoms with Crippen LogP contribution in [-0.4, -0.2) is 60.5 Å². The Kier molecular flexibility index (Phi) is 5.28. The quantitative estimate of drug-likeness (QED) is 0.629. The van der Waals surface area contributed by atoms with Crippen molar-refractivity contribution in [3.8, 4) is 0 Å². The SMILES string of the molecule is BBc1cc(C(C(=O)N2CC(O)CC2C2=NOC3(CCc4ccccc43)N2)C(C)C)on1. The zero-order valence-corrected chi connectivity index (χ0v) is 18.7. The molecule has 4 unspecified atom stereocenters. The van der Waals surface area contributed by atoms with Gasteiger partial charge in [-0.15, -0.1) is 0 Å². The molecule has 5 rings (SSSR count). The second-order valence-corrected chi connectivity index (χ2v) is 9.37. The van der Waals surface area contributed by atoms with Crippen molar-refractivity contribution in [1.29, 1.82) is 0 Å². The van der Waals surface area contributed by atoms with E-state index in [1.807, 2.05) is 39.8 Å². The number of aromatic nitrogens is 1. The van der Waals surface area contributed by atoms with Crippen LogP contribution in [-0.2, 0) is 21.8 Å². The highest BCUT2D eigenvalue weighted by atomic mass is 16.7. The maximum absolute atomic E-state index is 13.7. The van der Waals surface area contributed by atoms with Crippen LogP contribution in [0.1, 0.15) is 49.5 Å². The molecule has 2 aromatic rings. The summed E-state index contributed by atoms with van der Waals surface area (Å²) in [4.78, 5) is 21.4. The normalized spacial score (nSPS) is 27.2. The largest absolute Gasteiger partial charge is 0.391 e. The Bertz CT molecular complexity index is 1060. The Morgan fingerprint density at radius 2 is 2.22 bits per heavy atom. The topological polar surface area (TPSA) is 100 Å². The van der Waals surface area contributed by atoms with Gasteiger partial charge in [-0.25, -0.2) is 0 Å². The molecule has 32 heavy (non-hydrogen) atoms. The van der Waals surface area contributed by atoms with Crippen LogP contribution < -0.4 is 10.9 Å². The van der Waals surface area contributed by atoms with Gasteiger partial charge in [-0.3, -0.25) is 4.79 Å². The third-order valence-electron chi connectivity index (χ3n) is 6.89. The maximum atomic E-state index is 13.7. The molecular formula is C22H28B2N4O4. The summed E-state index contributed by atoms with van der Waals surface area (Å²) >= 11 is 0. The summed E-state index contributed by atoms with van der Waals surface area (Å²) in [6.07, 6.45) is 1.48. The van der Waals surface area contributed by atoms with Crippen molar-refractivity contribution < 1.29 is 19.3 Å². The molecule has 2 aliphatic heterocycles. The Morgan fingerprint density at radius 3 is 2.97 bits per heavy atom. The fourth-order valence-electron chi connectivity index (χ4n) is 5.20. The number of nitrogens with one attached hydrogen (secondary N) is 1. The standard InChI is InChI=1S/C22H28B2N4O4/c1-12(2)19(17-10-18(24-23)26-31-17)21(30)28-11-14(29)9-16(28)20-25-22(32-27-20)8-7-13-5-3-4-6-15(13)22/h3-6,10,12,14,16,19,24,29H,7-9,11,23H2,1-2H3,(H,25,27). The number of aliphatic hydroxyl groups is 1. The van der Waals surface area contributed by atoms with Crippen molar-refractivity contribution in [2.24, 2.45) is 11.1 Å². The minimum Gasteiger partial charge on any atom is -0.391 e. The van der Waals surface area contributed by atoms with E-state index < -0.39 is 17.7 Å². The van der Waals surface area contributed by atoms with Gasteiger partial charge in [-0.2, -0.15) is 0 Å². The number of hydrogen-bond acceptors (Lipinski definition) is 7. The van der Waals surface area contributed by atoms with Crippen LogP contribution in [0.15, 0.2) is 40.0 Å². The highest BCUT2D eigenvalue weighted by molar-refractivity contribution is 6.97. The number of amidine groups is 1. The van der Waals surface area contributed by atoms with E-state index in [0.717, 1.165) is 31.2 Å². The van der Waals surface area contributed by atoms with Gasteiger partial charge in [0.05, 0.1) is 19.9 Å². The fraction of sp³-hybridized carbons (Fsp3) is 0.500. The van der Waals surface area contributed by atoms with Crippen molar-refractivity contribution in [3.63, 3.8) is 0 Å². The Hall–Kier alpha value is -2.74. The number of carbonyl (C=O) groups is 1. The summed E-state index contributed by atoms with van der Waals surface area (Å²) < 4.78 is 5.53. The molecule has 1 aromatic carbocycles. The van der Waals surface area contributed by atoms with E-state index in [1.54, 1.807) is 4.90 Å². The van der Waals surface area contributed by atoms with E-state index in [4.69, 9.17) is 9.36 Å². The summed E-state index contributed by atoms with van der Waals surface area (Å²) in [5, 5.41) is 22.4. The van der Waals surface area contributed by atoms with Gasteiger partial charge < -0.3 is 24.7 Å². The van der Waals surface area contributed by atoms with Crippen LogP contribution in [0.3, 0.4) is 0 Å². The minimum atomic E-state index is -0.688. The van der Waals surface area contributed by atoms with Crippen LogP contribution in [0.2, 0.25) is 0 Å². The molecule has 1 amide bonds. The summed E-state index contributed by atoms with van der Waals surface area (Å²) in [6, 6.07) is 9.69. The molecule has 1 saturated heterocycles. The van der Waals surface area contributed by atoms with E-state index in [0.29, 0.717) is 18.0 Å². The number of rotatable bonds is 5. The third kappa shape index (κ3) is 3.41. The van der Waals surface area contributed by atoms with E-state index in [-0.39, 0.29) is 24.4 Å². The number of likely N-dealkylation sites (tertiary alicyclic amines) is 1. The molecule has 10 heteroatoms. The van der Waals surface area contributed by atoms with E-state index in [2.05, 4.69) is 27.8 Å². The minimum absolute atomic E-state index is 0.0151. The molecule has 1 aromatic heterocycles. The smallest absolute Gasteiger partial charge is 0.235 e. The molecule has 1 spiro atoms. The number of oxime groups is 1. The lowest BCUT2D eigenvalue weighted by Crippen LogP contribution is -2.50. The lowest BCUT2D eigenvalue weighted by Gasteiger charge is -2.30. The number of fused-ring (bicyclic) bond motifs is 2. The van der Waals surface area contributed by atoms with Crippen LogP contribution in [0.25, 0.3) is 0 Å². The average molecular weight is 434 g/mol. The number of aliphatic hydroxyl groups excluding tert-OH is 1. The summed E-state index contributed by atoms with van der Waals surface area (Å²) in [7, 11) is 2.75. The number of nitrogens with zero attached hydrogens (tertiary/aromatic N) is 3. The lowest BCUT2D eigenvalue weighted by atomic mass is 9.53. The average Bonchev–Trinajstić information content (AvgIpc) is 3.56. The zero-order chi connectivity index (χ0) is 22.5. The first-order valence-electron chi connectivity index (χ1n) is 11.5. The van der Waals surface area contributed by atoms with Crippen LogP contribution >= 0.6 is 0 Å². The predicted octanol–water partition coefficient (Wildman–Crippen LogP) is -0.282. The van der Waals surface area contributed by atoms with Crippen molar-refractivity contribution >= 4 is 32.2 Å². The van der Waals surface area contributed by atoms with Crippen molar-refractivity contribution in [1.82, 2.24) is 15.4 Å². The van der Waals surface area contributed by atoms with Gasteiger partial charge in [-0.05, 0) is 24.0 Å². The molecule has 8 nitrogen and oxygen atoms in total. The van der Waals surface area contributed by atoms with Gasteiger partial charge in [0.25, 0.3) is 0 Å². The number of hydrogen-bond donors (Lipinski definition) is 2. The Morgan fingerprint density at radius 1 is 1.41 bits per heavy atom. The second kappa shape index (κ2) is 7.99. The Balaban J connectivity index is 1.39. The first-order valence-corrected chi connectivity index (χ1v) is 11.5. The number of carbonyl (C=O) groups excluding carboxylic acids is 1. The van der Waals surface area contributed by atoms with Crippen molar-refractivity contribution in [2.45, 2.75) is 56.9 Å².